The summed E-state index contributed by atoms with van der Waals surface area (Å²) in [5.41, 5.74) is 6.43. The molecule has 0 spiro atoms. The number of thioether (sulfide) groups is 1. The van der Waals surface area contributed by atoms with E-state index in [1.807, 2.05) is 12.3 Å². The van der Waals surface area contributed by atoms with Crippen molar-refractivity contribution in [3.8, 4) is 0 Å². The molecule has 146 valence electrons. The third-order valence-electron chi connectivity index (χ3n) is 4.29. The van der Waals surface area contributed by atoms with E-state index >= 15 is 0 Å². The summed E-state index contributed by atoms with van der Waals surface area (Å²) in [5.74, 6) is -0.916. The number of nitrogens with one attached hydrogen (secondary N) is 1. The smallest absolute Gasteiger partial charge is 0.274 e. The van der Waals surface area contributed by atoms with Gasteiger partial charge >= 0.3 is 0 Å². The van der Waals surface area contributed by atoms with Crippen LogP contribution in [-0.4, -0.2) is 29.8 Å². The molecule has 3 N–H and O–H groups in total. The summed E-state index contributed by atoms with van der Waals surface area (Å²) in [7, 11) is 1.51. The molecule has 6 nitrogen and oxygen atoms in total. The Balaban J connectivity index is 1.98. The molecule has 28 heavy (non-hydrogen) atoms. The predicted molar refractivity (Wildman–Crippen MR) is 110 cm³/mol. The minimum Gasteiger partial charge on any atom is -0.381 e. The van der Waals surface area contributed by atoms with Crippen molar-refractivity contribution in [1.82, 2.24) is 4.98 Å². The van der Waals surface area contributed by atoms with E-state index < -0.39 is 17.3 Å². The van der Waals surface area contributed by atoms with E-state index in [-0.39, 0.29) is 17.9 Å². The highest BCUT2D eigenvalue weighted by molar-refractivity contribution is 8.16. The van der Waals surface area contributed by atoms with E-state index in [1.165, 1.54) is 49.3 Å². The van der Waals surface area contributed by atoms with Gasteiger partial charge in [-0.3, -0.25) is 4.79 Å². The molecule has 1 aliphatic rings. The minimum absolute atomic E-state index is 0.101. The van der Waals surface area contributed by atoms with Crippen molar-refractivity contribution in [3.63, 3.8) is 0 Å². The first-order valence-electron chi connectivity index (χ1n) is 8.27. The lowest BCUT2D eigenvalue weighted by Crippen LogP contribution is -2.36. The van der Waals surface area contributed by atoms with E-state index in [9.17, 15) is 9.18 Å². The van der Waals surface area contributed by atoms with Gasteiger partial charge in [0.25, 0.3) is 5.91 Å². The van der Waals surface area contributed by atoms with E-state index in [1.54, 1.807) is 6.07 Å². The molecular formula is C19H18ClFN4O2S. The number of hydrogen-bond donors (Lipinski definition) is 2. The number of nitrogens with zero attached hydrogens (tertiary/aromatic N) is 2. The van der Waals surface area contributed by atoms with Gasteiger partial charge in [-0.25, -0.2) is 14.4 Å². The number of anilines is 1. The zero-order valence-electron chi connectivity index (χ0n) is 15.2. The number of aliphatic imine (C=N–C) groups is 1. The third kappa shape index (κ3) is 4.04. The van der Waals surface area contributed by atoms with Gasteiger partial charge in [0.1, 0.15) is 17.1 Å². The summed E-state index contributed by atoms with van der Waals surface area (Å²) in [4.78, 5) is 20.9. The number of pyridine rings is 1. The van der Waals surface area contributed by atoms with Crippen molar-refractivity contribution < 1.29 is 13.9 Å². The normalized spacial score (nSPS) is 19.0. The van der Waals surface area contributed by atoms with Crippen LogP contribution >= 0.6 is 23.4 Å². The van der Waals surface area contributed by atoms with Crippen LogP contribution < -0.4 is 11.1 Å². The molecule has 0 aliphatic carbocycles. The number of nitrogens with two attached hydrogens (primary N) is 1. The van der Waals surface area contributed by atoms with Crippen molar-refractivity contribution in [1.29, 1.82) is 0 Å². The number of rotatable bonds is 5. The Morgan fingerprint density at radius 1 is 1.39 bits per heavy atom. The van der Waals surface area contributed by atoms with Crippen LogP contribution in [0.15, 0.2) is 52.5 Å². The van der Waals surface area contributed by atoms with Gasteiger partial charge in [-0.15, -0.1) is 0 Å². The molecule has 3 rings (SSSR count). The topological polar surface area (TPSA) is 89.6 Å². The molecule has 2 aromatic rings. The van der Waals surface area contributed by atoms with E-state index in [0.29, 0.717) is 15.9 Å². The molecule has 0 saturated carbocycles. The number of amidine groups is 1. The Morgan fingerprint density at radius 3 is 2.86 bits per heavy atom. The second-order valence-electron chi connectivity index (χ2n) is 6.17. The maximum absolute atomic E-state index is 14.8. The fourth-order valence-electron chi connectivity index (χ4n) is 2.88. The summed E-state index contributed by atoms with van der Waals surface area (Å²) in [6.45, 7) is 1.94. The Morgan fingerprint density at radius 2 is 2.18 bits per heavy atom. The van der Waals surface area contributed by atoms with E-state index in [2.05, 4.69) is 15.3 Å². The molecule has 0 bridgehead atoms. The van der Waals surface area contributed by atoms with Crippen molar-refractivity contribution >= 4 is 40.1 Å². The lowest BCUT2D eigenvalue weighted by Gasteiger charge is -2.34. The number of carbonyl (C=O) groups is 1. The average molecular weight is 421 g/mol. The third-order valence-corrected chi connectivity index (χ3v) is 5.32. The number of carbonyl (C=O) groups excluding carboxylic acids is 1. The Bertz CT molecular complexity index is 965. The summed E-state index contributed by atoms with van der Waals surface area (Å²) in [6, 6.07) is 7.35. The fraction of sp³-hybridized carbons (Fsp3) is 0.211. The van der Waals surface area contributed by atoms with E-state index in [0.717, 1.165) is 5.57 Å². The molecule has 1 aliphatic heterocycles. The summed E-state index contributed by atoms with van der Waals surface area (Å²) in [5, 5.41) is 5.27. The zero-order valence-corrected chi connectivity index (χ0v) is 16.8. The molecule has 1 aromatic carbocycles. The first-order valence-corrected chi connectivity index (χ1v) is 9.52. The number of hydrogen-bond acceptors (Lipinski definition) is 6. The second kappa shape index (κ2) is 8.30. The number of aromatic nitrogens is 1. The highest BCUT2D eigenvalue weighted by Crippen LogP contribution is 2.41. The van der Waals surface area contributed by atoms with Crippen LogP contribution in [0.25, 0.3) is 0 Å². The maximum atomic E-state index is 14.8. The maximum Gasteiger partial charge on any atom is 0.274 e. The molecule has 2 heterocycles. The van der Waals surface area contributed by atoms with Crippen LogP contribution in [0, 0.1) is 5.82 Å². The Kier molecular flexibility index (Phi) is 6.02. The monoisotopic (exact) mass is 420 g/mol. The zero-order chi connectivity index (χ0) is 20.3. The Hall–Kier alpha value is -2.42. The first kappa shape index (κ1) is 20.3. The van der Waals surface area contributed by atoms with Crippen LogP contribution in [0.3, 0.4) is 0 Å². The van der Waals surface area contributed by atoms with Gasteiger partial charge in [-0.2, -0.15) is 0 Å². The van der Waals surface area contributed by atoms with Crippen molar-refractivity contribution in [2.45, 2.75) is 12.5 Å². The molecule has 1 atom stereocenters. The fourth-order valence-corrected chi connectivity index (χ4v) is 3.69. The molecular weight excluding hydrogens is 403 g/mol. The van der Waals surface area contributed by atoms with Crippen molar-refractivity contribution in [2.24, 2.45) is 10.7 Å². The lowest BCUT2D eigenvalue weighted by molar-refractivity contribution is 0.102. The van der Waals surface area contributed by atoms with Gasteiger partial charge in [0, 0.05) is 24.6 Å². The van der Waals surface area contributed by atoms with Crippen molar-refractivity contribution in [3.05, 3.63) is 69.6 Å². The van der Waals surface area contributed by atoms with Crippen LogP contribution in [0.4, 0.5) is 10.1 Å². The first-order chi connectivity index (χ1) is 13.4. The van der Waals surface area contributed by atoms with Crippen LogP contribution in [0.1, 0.15) is 23.0 Å². The highest BCUT2D eigenvalue weighted by Gasteiger charge is 2.39. The molecule has 1 unspecified atom stereocenters. The second-order valence-corrected chi connectivity index (χ2v) is 7.50. The van der Waals surface area contributed by atoms with Gasteiger partial charge in [0.15, 0.2) is 5.17 Å². The van der Waals surface area contributed by atoms with Crippen molar-refractivity contribution in [2.75, 3.05) is 19.0 Å². The van der Waals surface area contributed by atoms with Gasteiger partial charge in [-0.1, -0.05) is 23.4 Å². The van der Waals surface area contributed by atoms with Crippen LogP contribution in [0.5, 0.6) is 0 Å². The van der Waals surface area contributed by atoms with Gasteiger partial charge in [0.05, 0.1) is 11.6 Å². The van der Waals surface area contributed by atoms with Gasteiger partial charge in [-0.05, 0) is 48.2 Å². The molecule has 0 saturated heterocycles. The molecule has 9 heteroatoms. The number of amides is 1. The Labute approximate surface area is 171 Å². The summed E-state index contributed by atoms with van der Waals surface area (Å²) >= 11 is 7.06. The van der Waals surface area contributed by atoms with Crippen LogP contribution in [-0.2, 0) is 10.3 Å². The standard InChI is InChI=1S/C19H18ClFN4O2S/c1-11-9-28-18(22)25-19(11,10-27-2)14-7-13(4-5-15(14)21)24-17(26)16-6-3-12(20)8-23-16/h3-9H,10H2,1-2H3,(H2,22,25)(H,24,26). The molecule has 0 fully saturated rings. The number of halogens is 2. The van der Waals surface area contributed by atoms with Crippen LogP contribution in [0.2, 0.25) is 5.02 Å². The molecule has 1 aromatic heterocycles. The summed E-state index contributed by atoms with van der Waals surface area (Å²) < 4.78 is 20.1. The number of benzene rings is 1. The number of methoxy groups -OCH3 is 1. The predicted octanol–water partition coefficient (Wildman–Crippen LogP) is 3.93. The van der Waals surface area contributed by atoms with Gasteiger partial charge < -0.3 is 15.8 Å². The number of ether oxygens (including phenoxy) is 1. The average Bonchev–Trinajstić information content (AvgIpc) is 2.67. The van der Waals surface area contributed by atoms with Gasteiger partial charge in [0.2, 0.25) is 0 Å². The molecule has 1 amide bonds. The quantitative estimate of drug-likeness (QED) is 0.764. The SMILES string of the molecule is COCC1(c2cc(NC(=O)c3ccc(Cl)cn3)ccc2F)N=C(N)SC=C1C. The highest BCUT2D eigenvalue weighted by atomic mass is 35.5. The molecule has 0 radical (unpaired) electrons. The largest absolute Gasteiger partial charge is 0.381 e. The van der Waals surface area contributed by atoms with E-state index in [4.69, 9.17) is 22.1 Å². The summed E-state index contributed by atoms with van der Waals surface area (Å²) in [6.07, 6.45) is 1.38. The lowest BCUT2D eigenvalue weighted by atomic mass is 9.84. The minimum atomic E-state index is -1.10.